The summed E-state index contributed by atoms with van der Waals surface area (Å²) in [5.41, 5.74) is 2.01. The highest BCUT2D eigenvalue weighted by atomic mass is 127. The smallest absolute Gasteiger partial charge is 0.309 e. The number of halogens is 2. The highest BCUT2D eigenvalue weighted by Crippen LogP contribution is 2.25. The molecule has 0 bridgehead atoms. The van der Waals surface area contributed by atoms with Crippen LogP contribution in [0.1, 0.15) is 11.1 Å². The molecule has 0 saturated heterocycles. The Bertz CT molecular complexity index is 643. The minimum atomic E-state index is -0.243. The zero-order chi connectivity index (χ0) is 15.2. The molecule has 0 unspecified atom stereocenters. The fourth-order valence-electron chi connectivity index (χ4n) is 1.78. The van der Waals surface area contributed by atoms with E-state index in [0.29, 0.717) is 6.61 Å². The Balaban J connectivity index is 2.04. The van der Waals surface area contributed by atoms with Gasteiger partial charge in [0.05, 0.1) is 17.1 Å². The summed E-state index contributed by atoms with van der Waals surface area (Å²) in [6.07, 6.45) is 0.275. The Labute approximate surface area is 145 Å². The molecule has 0 heterocycles. The minimum Gasteiger partial charge on any atom is -0.488 e. The van der Waals surface area contributed by atoms with Crippen LogP contribution in [0.4, 0.5) is 0 Å². The van der Waals surface area contributed by atoms with Gasteiger partial charge in [0.15, 0.2) is 0 Å². The van der Waals surface area contributed by atoms with Crippen LogP contribution in [0.25, 0.3) is 0 Å². The van der Waals surface area contributed by atoms with Crippen LogP contribution < -0.4 is 4.74 Å². The monoisotopic (exact) mass is 460 g/mol. The van der Waals surface area contributed by atoms with Gasteiger partial charge in [-0.2, -0.15) is 0 Å². The summed E-state index contributed by atoms with van der Waals surface area (Å²) in [5.74, 6) is 0.563. The van der Waals surface area contributed by atoms with E-state index in [-0.39, 0.29) is 12.4 Å². The highest BCUT2D eigenvalue weighted by molar-refractivity contribution is 14.1. The van der Waals surface area contributed by atoms with Gasteiger partial charge in [-0.1, -0.05) is 40.2 Å². The van der Waals surface area contributed by atoms with Crippen LogP contribution in [-0.4, -0.2) is 13.1 Å². The molecule has 0 fully saturated rings. The van der Waals surface area contributed by atoms with Crippen molar-refractivity contribution in [1.82, 2.24) is 0 Å². The van der Waals surface area contributed by atoms with Crippen molar-refractivity contribution < 1.29 is 14.3 Å². The molecule has 2 rings (SSSR count). The van der Waals surface area contributed by atoms with E-state index >= 15 is 0 Å². The van der Waals surface area contributed by atoms with Crippen LogP contribution in [0.15, 0.2) is 46.9 Å². The van der Waals surface area contributed by atoms with Crippen LogP contribution in [0.2, 0.25) is 0 Å². The molecule has 3 nitrogen and oxygen atoms in total. The SMILES string of the molecule is COC(=O)Cc1ccc(OCc2ccccc2Br)c(I)c1. The lowest BCUT2D eigenvalue weighted by atomic mass is 10.1. The molecule has 0 saturated carbocycles. The first-order chi connectivity index (χ1) is 10.1. The number of rotatable bonds is 5. The Morgan fingerprint density at radius 2 is 2.00 bits per heavy atom. The number of hydrogen-bond donors (Lipinski definition) is 0. The lowest BCUT2D eigenvalue weighted by molar-refractivity contribution is -0.139. The summed E-state index contributed by atoms with van der Waals surface area (Å²) in [6, 6.07) is 13.7. The summed E-state index contributed by atoms with van der Waals surface area (Å²) in [7, 11) is 1.39. The van der Waals surface area contributed by atoms with Crippen molar-refractivity contribution in [3.63, 3.8) is 0 Å². The number of methoxy groups -OCH3 is 1. The lowest BCUT2D eigenvalue weighted by Gasteiger charge is -2.10. The predicted octanol–water partition coefficient (Wildman–Crippen LogP) is 4.35. The average molecular weight is 461 g/mol. The van der Waals surface area contributed by atoms with Gasteiger partial charge in [0.2, 0.25) is 0 Å². The third kappa shape index (κ3) is 4.71. The van der Waals surface area contributed by atoms with Crippen molar-refractivity contribution in [2.75, 3.05) is 7.11 Å². The number of benzene rings is 2. The molecule has 0 radical (unpaired) electrons. The fourth-order valence-corrected chi connectivity index (χ4v) is 2.92. The van der Waals surface area contributed by atoms with E-state index in [1.165, 1.54) is 7.11 Å². The molecular weight excluding hydrogens is 447 g/mol. The number of carbonyl (C=O) groups excluding carboxylic acids is 1. The van der Waals surface area contributed by atoms with E-state index in [2.05, 4.69) is 43.3 Å². The number of esters is 1. The van der Waals surface area contributed by atoms with E-state index < -0.39 is 0 Å². The molecular formula is C16H14BrIO3. The van der Waals surface area contributed by atoms with Crippen molar-refractivity contribution in [2.24, 2.45) is 0 Å². The van der Waals surface area contributed by atoms with Gasteiger partial charge in [0, 0.05) is 10.0 Å². The van der Waals surface area contributed by atoms with Gasteiger partial charge in [0.25, 0.3) is 0 Å². The number of hydrogen-bond acceptors (Lipinski definition) is 3. The van der Waals surface area contributed by atoms with Crippen molar-refractivity contribution in [2.45, 2.75) is 13.0 Å². The summed E-state index contributed by atoms with van der Waals surface area (Å²) in [4.78, 5) is 11.3. The quantitative estimate of drug-likeness (QED) is 0.491. The largest absolute Gasteiger partial charge is 0.488 e. The number of ether oxygens (including phenoxy) is 2. The number of carbonyl (C=O) groups is 1. The zero-order valence-corrected chi connectivity index (χ0v) is 15.2. The highest BCUT2D eigenvalue weighted by Gasteiger charge is 2.08. The lowest BCUT2D eigenvalue weighted by Crippen LogP contribution is -2.05. The standard InChI is InChI=1S/C16H14BrIO3/c1-20-16(19)9-11-6-7-15(14(18)8-11)21-10-12-4-2-3-5-13(12)17/h2-8H,9-10H2,1H3. The fraction of sp³-hybridized carbons (Fsp3) is 0.188. The van der Waals surface area contributed by atoms with Crippen LogP contribution in [-0.2, 0) is 22.6 Å². The molecule has 0 aliphatic rings. The second kappa shape index (κ2) is 7.79. The van der Waals surface area contributed by atoms with Gasteiger partial charge in [-0.3, -0.25) is 4.79 Å². The normalized spacial score (nSPS) is 10.2. The Morgan fingerprint density at radius 3 is 2.67 bits per heavy atom. The van der Waals surface area contributed by atoms with Gasteiger partial charge >= 0.3 is 5.97 Å². The molecule has 110 valence electrons. The molecule has 0 amide bonds. The van der Waals surface area contributed by atoms with Crippen LogP contribution in [0, 0.1) is 3.57 Å². The summed E-state index contributed by atoms with van der Waals surface area (Å²) < 4.78 is 12.5. The van der Waals surface area contributed by atoms with Crippen molar-refractivity contribution in [3.8, 4) is 5.75 Å². The second-order valence-electron chi connectivity index (χ2n) is 4.40. The molecule has 0 aliphatic carbocycles. The second-order valence-corrected chi connectivity index (χ2v) is 6.41. The van der Waals surface area contributed by atoms with Crippen molar-refractivity contribution in [3.05, 3.63) is 61.6 Å². The van der Waals surface area contributed by atoms with Gasteiger partial charge in [0.1, 0.15) is 12.4 Å². The van der Waals surface area contributed by atoms with Gasteiger partial charge in [-0.15, -0.1) is 0 Å². The van der Waals surface area contributed by atoms with E-state index in [1.54, 1.807) is 0 Å². The third-order valence-corrected chi connectivity index (χ3v) is 4.53. The maximum atomic E-state index is 11.3. The molecule has 2 aromatic rings. The van der Waals surface area contributed by atoms with Gasteiger partial charge in [-0.25, -0.2) is 0 Å². The van der Waals surface area contributed by atoms with E-state index in [1.807, 2.05) is 42.5 Å². The van der Waals surface area contributed by atoms with Crippen LogP contribution in [0.5, 0.6) is 5.75 Å². The molecule has 5 heteroatoms. The average Bonchev–Trinajstić information content (AvgIpc) is 2.48. The van der Waals surface area contributed by atoms with E-state index in [4.69, 9.17) is 4.74 Å². The third-order valence-electron chi connectivity index (χ3n) is 2.91. The Morgan fingerprint density at radius 1 is 1.24 bits per heavy atom. The van der Waals surface area contributed by atoms with Crippen LogP contribution in [0.3, 0.4) is 0 Å². The summed E-state index contributed by atoms with van der Waals surface area (Å²) >= 11 is 5.71. The van der Waals surface area contributed by atoms with E-state index in [0.717, 1.165) is 24.9 Å². The predicted molar refractivity (Wildman–Crippen MR) is 93.4 cm³/mol. The van der Waals surface area contributed by atoms with Gasteiger partial charge < -0.3 is 9.47 Å². The first-order valence-corrected chi connectivity index (χ1v) is 8.19. The van der Waals surface area contributed by atoms with E-state index in [9.17, 15) is 4.79 Å². The first kappa shape index (κ1) is 16.3. The Kier molecular flexibility index (Phi) is 6.05. The molecule has 21 heavy (non-hydrogen) atoms. The topological polar surface area (TPSA) is 35.5 Å². The molecule has 0 aromatic heterocycles. The summed E-state index contributed by atoms with van der Waals surface area (Å²) in [6.45, 7) is 0.494. The van der Waals surface area contributed by atoms with Crippen LogP contribution >= 0.6 is 38.5 Å². The maximum absolute atomic E-state index is 11.3. The minimum absolute atomic E-state index is 0.243. The molecule has 0 aliphatic heterocycles. The van der Waals surface area contributed by atoms with Crippen molar-refractivity contribution >= 4 is 44.5 Å². The Hall–Kier alpha value is -1.08. The first-order valence-electron chi connectivity index (χ1n) is 6.31. The van der Waals surface area contributed by atoms with Crippen molar-refractivity contribution in [1.29, 1.82) is 0 Å². The molecule has 0 atom stereocenters. The molecule has 2 aromatic carbocycles. The maximum Gasteiger partial charge on any atom is 0.309 e. The van der Waals surface area contributed by atoms with Gasteiger partial charge in [-0.05, 0) is 46.4 Å². The molecule has 0 spiro atoms. The summed E-state index contributed by atoms with van der Waals surface area (Å²) in [5, 5.41) is 0. The zero-order valence-electron chi connectivity index (χ0n) is 11.4. The molecule has 0 N–H and O–H groups in total.